The van der Waals surface area contributed by atoms with Gasteiger partial charge in [-0.15, -0.1) is 0 Å². The zero-order valence-corrected chi connectivity index (χ0v) is 17.5. The third kappa shape index (κ3) is 5.08. The fraction of sp³-hybridized carbons (Fsp3) is 0.429. The van der Waals surface area contributed by atoms with Crippen LogP contribution in [0.1, 0.15) is 49.7 Å². The molecule has 27 heavy (non-hydrogen) atoms. The van der Waals surface area contributed by atoms with Gasteiger partial charge >= 0.3 is 6.11 Å². The second kappa shape index (κ2) is 8.70. The smallest absolute Gasteiger partial charge is 0.426 e. The van der Waals surface area contributed by atoms with Gasteiger partial charge in [-0.25, -0.2) is 4.39 Å². The minimum atomic E-state index is -3.54. The quantitative estimate of drug-likeness (QED) is 0.482. The lowest BCUT2D eigenvalue weighted by Gasteiger charge is -2.28. The first kappa shape index (κ1) is 20.3. The molecule has 0 heterocycles. The molecule has 0 spiro atoms. The van der Waals surface area contributed by atoms with E-state index in [0.717, 1.165) is 30.0 Å². The van der Waals surface area contributed by atoms with Crippen molar-refractivity contribution in [3.05, 3.63) is 64.4 Å². The molecular weight excluding hydrogens is 389 g/mol. The van der Waals surface area contributed by atoms with Gasteiger partial charge in [0.15, 0.2) is 0 Å². The Labute approximate surface area is 165 Å². The Hall–Kier alpha value is -1.46. The maximum Gasteiger partial charge on any atom is 0.426 e. The van der Waals surface area contributed by atoms with Gasteiger partial charge in [-0.3, -0.25) is 0 Å². The van der Waals surface area contributed by atoms with E-state index in [-0.39, 0.29) is 25.9 Å². The SMILES string of the molecule is CC[SiH2][C@H]1CC[C@H](c2ccc(C(F)(F)Oc3ccc(Cl)c(F)c3)cc2)CC1. The summed E-state index contributed by atoms with van der Waals surface area (Å²) in [6, 6.07) is 11.0. The standard InChI is InChI=1S/C21H24ClF3OSi/c1-2-27-18-10-5-15(6-11-18)14-3-7-16(8-4-14)21(24,25)26-17-9-12-19(22)20(23)13-17/h3-4,7-9,12-13,15,18H,2,5-6,10-11,27H2,1H3/t15-,18-. The molecule has 1 saturated carbocycles. The molecule has 6 heteroatoms. The molecular formula is C21H24ClF3OSi. The molecule has 0 N–H and O–H groups in total. The van der Waals surface area contributed by atoms with Gasteiger partial charge in [0.05, 0.1) is 10.6 Å². The summed E-state index contributed by atoms with van der Waals surface area (Å²) in [6.45, 7) is 2.28. The minimum Gasteiger partial charge on any atom is -0.429 e. The Balaban J connectivity index is 1.66. The molecule has 0 radical (unpaired) electrons. The summed E-state index contributed by atoms with van der Waals surface area (Å²) in [5, 5.41) is -0.133. The van der Waals surface area contributed by atoms with Crippen molar-refractivity contribution in [3.63, 3.8) is 0 Å². The lowest BCUT2D eigenvalue weighted by Crippen LogP contribution is -2.22. The molecule has 0 saturated heterocycles. The van der Waals surface area contributed by atoms with Gasteiger partial charge in [0.25, 0.3) is 0 Å². The highest BCUT2D eigenvalue weighted by Crippen LogP contribution is 2.39. The first-order valence-electron chi connectivity index (χ1n) is 9.51. The summed E-state index contributed by atoms with van der Waals surface area (Å²) in [5.41, 5.74) is 1.82. The minimum absolute atomic E-state index is 0.0632. The normalized spacial score (nSPS) is 20.9. The molecule has 1 aliphatic rings. The Morgan fingerprint density at radius 1 is 1.07 bits per heavy atom. The first-order valence-corrected chi connectivity index (χ1v) is 11.7. The predicted octanol–water partition coefficient (Wildman–Crippen LogP) is 6.66. The number of benzene rings is 2. The zero-order chi connectivity index (χ0) is 19.4. The molecule has 0 amide bonds. The van der Waals surface area contributed by atoms with Gasteiger partial charge in [-0.1, -0.05) is 55.1 Å². The third-order valence-electron chi connectivity index (χ3n) is 5.40. The topological polar surface area (TPSA) is 9.23 Å². The fourth-order valence-corrected chi connectivity index (χ4v) is 5.87. The Morgan fingerprint density at radius 2 is 1.74 bits per heavy atom. The number of alkyl halides is 2. The monoisotopic (exact) mass is 412 g/mol. The van der Waals surface area contributed by atoms with Crippen molar-refractivity contribution in [2.45, 2.75) is 56.2 Å². The summed E-state index contributed by atoms with van der Waals surface area (Å²) in [5.74, 6) is -0.590. The molecule has 0 aromatic heterocycles. The van der Waals surface area contributed by atoms with Crippen LogP contribution in [0.4, 0.5) is 13.2 Å². The highest BCUT2D eigenvalue weighted by atomic mass is 35.5. The molecule has 0 atom stereocenters. The van der Waals surface area contributed by atoms with Crippen LogP contribution in [0.2, 0.25) is 16.6 Å². The largest absolute Gasteiger partial charge is 0.429 e. The molecule has 3 rings (SSSR count). The van der Waals surface area contributed by atoms with Crippen LogP contribution < -0.4 is 4.74 Å². The van der Waals surface area contributed by atoms with Crippen LogP contribution in [-0.2, 0) is 6.11 Å². The van der Waals surface area contributed by atoms with Crippen molar-refractivity contribution in [3.8, 4) is 5.75 Å². The van der Waals surface area contributed by atoms with Crippen LogP contribution in [0.15, 0.2) is 42.5 Å². The van der Waals surface area contributed by atoms with Crippen molar-refractivity contribution < 1.29 is 17.9 Å². The summed E-state index contributed by atoms with van der Waals surface area (Å²) in [7, 11) is 0.0632. The molecule has 0 aliphatic heterocycles. The second-order valence-electron chi connectivity index (χ2n) is 7.32. The summed E-state index contributed by atoms with van der Waals surface area (Å²) in [4.78, 5) is 0. The van der Waals surface area contributed by atoms with Crippen LogP contribution in [-0.4, -0.2) is 9.52 Å². The number of ether oxygens (including phenoxy) is 1. The molecule has 1 fully saturated rings. The number of halogens is 4. The average Bonchev–Trinajstić information content (AvgIpc) is 2.66. The Bertz CT molecular complexity index is 759. The van der Waals surface area contributed by atoms with Gasteiger partial charge in [0.2, 0.25) is 0 Å². The fourth-order valence-electron chi connectivity index (χ4n) is 3.89. The van der Waals surface area contributed by atoms with E-state index in [4.69, 9.17) is 16.3 Å². The number of hydrogen-bond donors (Lipinski definition) is 0. The van der Waals surface area contributed by atoms with Crippen molar-refractivity contribution >= 4 is 21.1 Å². The maximum atomic E-state index is 14.4. The first-order chi connectivity index (χ1) is 12.9. The molecule has 2 aromatic carbocycles. The summed E-state index contributed by atoms with van der Waals surface area (Å²) in [6.07, 6.45) is 1.30. The van der Waals surface area contributed by atoms with Gasteiger partial charge in [0.1, 0.15) is 11.6 Å². The van der Waals surface area contributed by atoms with Crippen molar-refractivity contribution in [2.75, 3.05) is 0 Å². The summed E-state index contributed by atoms with van der Waals surface area (Å²) >= 11 is 5.57. The third-order valence-corrected chi connectivity index (χ3v) is 7.92. The van der Waals surface area contributed by atoms with Crippen LogP contribution in [0.25, 0.3) is 0 Å². The van der Waals surface area contributed by atoms with Crippen molar-refractivity contribution in [1.82, 2.24) is 0 Å². The second-order valence-corrected chi connectivity index (χ2v) is 10.5. The van der Waals surface area contributed by atoms with Crippen molar-refractivity contribution in [1.29, 1.82) is 0 Å². The Kier molecular flexibility index (Phi) is 6.53. The van der Waals surface area contributed by atoms with E-state index in [1.165, 1.54) is 43.2 Å². The van der Waals surface area contributed by atoms with E-state index >= 15 is 0 Å². The zero-order valence-electron chi connectivity index (χ0n) is 15.4. The predicted molar refractivity (Wildman–Crippen MR) is 106 cm³/mol. The van der Waals surface area contributed by atoms with Crippen LogP contribution >= 0.6 is 11.6 Å². The molecule has 1 aliphatic carbocycles. The lowest BCUT2D eigenvalue weighted by atomic mass is 9.83. The van der Waals surface area contributed by atoms with E-state index in [9.17, 15) is 13.2 Å². The lowest BCUT2D eigenvalue weighted by molar-refractivity contribution is -0.185. The highest BCUT2D eigenvalue weighted by molar-refractivity contribution is 6.37. The molecule has 0 unspecified atom stereocenters. The van der Waals surface area contributed by atoms with Crippen LogP contribution in [0, 0.1) is 5.82 Å². The number of hydrogen-bond acceptors (Lipinski definition) is 1. The van der Waals surface area contributed by atoms with E-state index in [0.29, 0.717) is 5.92 Å². The molecule has 146 valence electrons. The van der Waals surface area contributed by atoms with Gasteiger partial charge in [0, 0.05) is 15.6 Å². The Morgan fingerprint density at radius 3 is 2.33 bits per heavy atom. The van der Waals surface area contributed by atoms with E-state index in [2.05, 4.69) is 6.92 Å². The molecule has 1 nitrogen and oxygen atoms in total. The van der Waals surface area contributed by atoms with E-state index in [1.54, 1.807) is 12.1 Å². The van der Waals surface area contributed by atoms with Gasteiger partial charge < -0.3 is 4.74 Å². The van der Waals surface area contributed by atoms with Gasteiger partial charge in [-0.05, 0) is 48.6 Å². The molecule has 0 bridgehead atoms. The van der Waals surface area contributed by atoms with E-state index < -0.39 is 11.9 Å². The van der Waals surface area contributed by atoms with Crippen LogP contribution in [0.3, 0.4) is 0 Å². The maximum absolute atomic E-state index is 14.4. The number of rotatable bonds is 6. The van der Waals surface area contributed by atoms with Gasteiger partial charge in [-0.2, -0.15) is 8.78 Å². The highest BCUT2D eigenvalue weighted by Gasteiger charge is 2.35. The van der Waals surface area contributed by atoms with E-state index in [1.807, 2.05) is 0 Å². The average molecular weight is 413 g/mol. The van der Waals surface area contributed by atoms with Crippen molar-refractivity contribution in [2.24, 2.45) is 0 Å². The summed E-state index contributed by atoms with van der Waals surface area (Å²) < 4.78 is 47.0. The van der Waals surface area contributed by atoms with Crippen LogP contribution in [0.5, 0.6) is 5.75 Å². The molecule has 2 aromatic rings.